The third-order valence-corrected chi connectivity index (χ3v) is 4.29. The lowest BCUT2D eigenvalue weighted by molar-refractivity contribution is -0.124. The molecular weight excluding hydrogens is 264 g/mol. The summed E-state index contributed by atoms with van der Waals surface area (Å²) in [6.07, 6.45) is 5.14. The fraction of sp³-hybridized carbons (Fsp3) is 0.625. The molecule has 1 saturated heterocycles. The van der Waals surface area contributed by atoms with Gasteiger partial charge in [0.15, 0.2) is 0 Å². The van der Waals surface area contributed by atoms with E-state index in [1.54, 1.807) is 0 Å². The van der Waals surface area contributed by atoms with E-state index in [-0.39, 0.29) is 11.8 Å². The van der Waals surface area contributed by atoms with Crippen molar-refractivity contribution in [2.45, 2.75) is 32.1 Å². The predicted molar refractivity (Wildman–Crippen MR) is 83.4 cm³/mol. The van der Waals surface area contributed by atoms with Crippen molar-refractivity contribution in [2.24, 2.45) is 5.92 Å². The third kappa shape index (κ3) is 3.73. The Bertz CT molecular complexity index is 497. The van der Waals surface area contributed by atoms with Gasteiger partial charge < -0.3 is 16.0 Å². The number of anilines is 1. The molecule has 0 aromatic carbocycles. The molecule has 3 N–H and O–H groups in total. The Morgan fingerprint density at radius 1 is 1.38 bits per heavy atom. The number of amides is 1. The van der Waals surface area contributed by atoms with Gasteiger partial charge in [-0.1, -0.05) is 6.07 Å². The topological polar surface area (TPSA) is 66.0 Å². The summed E-state index contributed by atoms with van der Waals surface area (Å²) in [5, 5.41) is 9.62. The first-order valence-corrected chi connectivity index (χ1v) is 8.04. The molecule has 0 bridgehead atoms. The molecule has 5 nitrogen and oxygen atoms in total. The van der Waals surface area contributed by atoms with Crippen molar-refractivity contribution in [1.29, 1.82) is 0 Å². The molecule has 0 saturated carbocycles. The van der Waals surface area contributed by atoms with Gasteiger partial charge in [0, 0.05) is 25.3 Å². The highest BCUT2D eigenvalue weighted by Gasteiger charge is 2.21. The normalized spacial score (nSPS) is 20.7. The summed E-state index contributed by atoms with van der Waals surface area (Å²) < 4.78 is 0. The van der Waals surface area contributed by atoms with Gasteiger partial charge in [0.1, 0.15) is 5.82 Å². The quantitative estimate of drug-likeness (QED) is 0.710. The van der Waals surface area contributed by atoms with Gasteiger partial charge in [0.25, 0.3) is 0 Å². The Labute approximate surface area is 125 Å². The van der Waals surface area contributed by atoms with Crippen LogP contribution in [-0.2, 0) is 17.6 Å². The fourth-order valence-electron chi connectivity index (χ4n) is 3.01. The molecule has 0 radical (unpaired) electrons. The summed E-state index contributed by atoms with van der Waals surface area (Å²) in [5.74, 6) is 1.41. The molecule has 114 valence electrons. The van der Waals surface area contributed by atoms with Crippen LogP contribution in [0.25, 0.3) is 0 Å². The van der Waals surface area contributed by atoms with E-state index in [1.807, 2.05) is 0 Å². The molecule has 1 atom stereocenters. The van der Waals surface area contributed by atoms with Crippen molar-refractivity contribution < 1.29 is 4.79 Å². The average Bonchev–Trinajstić information content (AvgIpc) is 3.06. The largest absolute Gasteiger partial charge is 0.370 e. The molecule has 0 unspecified atom stereocenters. The van der Waals surface area contributed by atoms with E-state index >= 15 is 0 Å². The van der Waals surface area contributed by atoms with Gasteiger partial charge in [-0.15, -0.1) is 0 Å². The molecule has 21 heavy (non-hydrogen) atoms. The molecule has 5 heteroatoms. The van der Waals surface area contributed by atoms with Crippen LogP contribution in [0.15, 0.2) is 12.1 Å². The summed E-state index contributed by atoms with van der Waals surface area (Å²) >= 11 is 0. The van der Waals surface area contributed by atoms with Gasteiger partial charge in [0.05, 0.1) is 5.92 Å². The number of pyridine rings is 1. The number of hydrogen-bond donors (Lipinski definition) is 3. The molecule has 2 aliphatic heterocycles. The summed E-state index contributed by atoms with van der Waals surface area (Å²) in [5.41, 5.74) is 2.44. The number of hydrogen-bond acceptors (Lipinski definition) is 4. The maximum Gasteiger partial charge on any atom is 0.224 e. The van der Waals surface area contributed by atoms with Crippen LogP contribution >= 0.6 is 0 Å². The molecule has 1 aromatic heterocycles. The van der Waals surface area contributed by atoms with Crippen LogP contribution in [-0.4, -0.2) is 37.1 Å². The van der Waals surface area contributed by atoms with E-state index < -0.39 is 0 Å². The minimum Gasteiger partial charge on any atom is -0.370 e. The molecular formula is C16H24N4O. The number of carbonyl (C=O) groups is 1. The zero-order chi connectivity index (χ0) is 14.5. The highest BCUT2D eigenvalue weighted by Crippen LogP contribution is 2.20. The fourth-order valence-corrected chi connectivity index (χ4v) is 3.01. The van der Waals surface area contributed by atoms with E-state index in [1.165, 1.54) is 12.0 Å². The number of nitrogens with one attached hydrogen (secondary N) is 3. The third-order valence-electron chi connectivity index (χ3n) is 4.29. The zero-order valence-electron chi connectivity index (χ0n) is 12.5. The van der Waals surface area contributed by atoms with Crippen LogP contribution in [0.5, 0.6) is 0 Å². The number of carbonyl (C=O) groups excluding carboxylic acids is 1. The predicted octanol–water partition coefficient (Wildman–Crippen LogP) is 1.10. The maximum absolute atomic E-state index is 11.9. The van der Waals surface area contributed by atoms with E-state index in [9.17, 15) is 4.79 Å². The number of aromatic nitrogens is 1. The minimum atomic E-state index is 0.163. The lowest BCUT2D eigenvalue weighted by atomic mass is 10.1. The van der Waals surface area contributed by atoms with Crippen molar-refractivity contribution in [1.82, 2.24) is 15.6 Å². The summed E-state index contributed by atoms with van der Waals surface area (Å²) in [6, 6.07) is 4.31. The highest BCUT2D eigenvalue weighted by molar-refractivity contribution is 5.79. The van der Waals surface area contributed by atoms with Gasteiger partial charge in [-0.05, 0) is 50.3 Å². The lowest BCUT2D eigenvalue weighted by Crippen LogP contribution is -2.32. The van der Waals surface area contributed by atoms with Gasteiger partial charge in [-0.25, -0.2) is 4.98 Å². The number of fused-ring (bicyclic) bond motifs is 1. The van der Waals surface area contributed by atoms with Crippen LogP contribution < -0.4 is 16.0 Å². The molecule has 3 heterocycles. The number of rotatable bonds is 5. The van der Waals surface area contributed by atoms with Crippen LogP contribution in [0, 0.1) is 5.92 Å². The lowest BCUT2D eigenvalue weighted by Gasteiger charge is -2.17. The highest BCUT2D eigenvalue weighted by atomic mass is 16.1. The van der Waals surface area contributed by atoms with Crippen molar-refractivity contribution in [3.63, 3.8) is 0 Å². The van der Waals surface area contributed by atoms with Gasteiger partial charge in [-0.2, -0.15) is 0 Å². The van der Waals surface area contributed by atoms with Crippen LogP contribution in [0.2, 0.25) is 0 Å². The Hall–Kier alpha value is -1.62. The smallest absolute Gasteiger partial charge is 0.224 e. The molecule has 2 aliphatic rings. The van der Waals surface area contributed by atoms with Crippen LogP contribution in [0.4, 0.5) is 5.82 Å². The molecule has 1 aromatic rings. The SMILES string of the molecule is O=C(NCCCc1ccc2c(n1)NCCC2)[C@@H]1CCNC1. The molecule has 3 rings (SSSR count). The molecule has 1 amide bonds. The second-order valence-electron chi connectivity index (χ2n) is 5.92. The van der Waals surface area contributed by atoms with Gasteiger partial charge >= 0.3 is 0 Å². The second kappa shape index (κ2) is 6.89. The van der Waals surface area contributed by atoms with Crippen LogP contribution in [0.1, 0.15) is 30.5 Å². The standard InChI is InChI=1S/C16H24N4O/c21-16(13-7-10-17-11-13)19-9-2-4-14-6-5-12-3-1-8-18-15(12)20-14/h5-6,13,17H,1-4,7-11H2,(H,18,20)(H,19,21)/t13-/m1/s1. The van der Waals surface area contributed by atoms with Crippen molar-refractivity contribution in [2.75, 3.05) is 31.5 Å². The Morgan fingerprint density at radius 3 is 3.19 bits per heavy atom. The monoisotopic (exact) mass is 288 g/mol. The average molecular weight is 288 g/mol. The van der Waals surface area contributed by atoms with Crippen LogP contribution in [0.3, 0.4) is 0 Å². The van der Waals surface area contributed by atoms with E-state index in [0.29, 0.717) is 0 Å². The minimum absolute atomic E-state index is 0.163. The first kappa shape index (κ1) is 14.3. The van der Waals surface area contributed by atoms with E-state index in [4.69, 9.17) is 0 Å². The number of aryl methyl sites for hydroxylation is 2. The van der Waals surface area contributed by atoms with Gasteiger partial charge in [-0.3, -0.25) is 4.79 Å². The first-order chi connectivity index (χ1) is 10.3. The zero-order valence-corrected chi connectivity index (χ0v) is 12.5. The summed E-state index contributed by atoms with van der Waals surface area (Å²) in [4.78, 5) is 16.5. The van der Waals surface area contributed by atoms with E-state index in [0.717, 1.165) is 63.4 Å². The maximum atomic E-state index is 11.9. The Kier molecular flexibility index (Phi) is 4.70. The van der Waals surface area contributed by atoms with Gasteiger partial charge in [0.2, 0.25) is 5.91 Å². The summed E-state index contributed by atoms with van der Waals surface area (Å²) in [6.45, 7) is 3.55. The Balaban J connectivity index is 1.42. The molecule has 0 aliphatic carbocycles. The second-order valence-corrected chi connectivity index (χ2v) is 5.92. The van der Waals surface area contributed by atoms with Crippen molar-refractivity contribution in [3.8, 4) is 0 Å². The van der Waals surface area contributed by atoms with Crippen molar-refractivity contribution in [3.05, 3.63) is 23.4 Å². The first-order valence-electron chi connectivity index (χ1n) is 8.04. The molecule has 1 fully saturated rings. The van der Waals surface area contributed by atoms with Crippen molar-refractivity contribution >= 4 is 11.7 Å². The van der Waals surface area contributed by atoms with E-state index in [2.05, 4.69) is 33.1 Å². The summed E-state index contributed by atoms with van der Waals surface area (Å²) in [7, 11) is 0. The molecule has 0 spiro atoms. The number of nitrogens with zero attached hydrogens (tertiary/aromatic N) is 1. The Morgan fingerprint density at radius 2 is 2.33 bits per heavy atom.